The number of carbonyl (C=O) groups excluding carboxylic acids is 2. The van der Waals surface area contributed by atoms with Gasteiger partial charge in [-0.25, -0.2) is 13.2 Å². The number of ether oxygens (including phenoxy) is 1. The summed E-state index contributed by atoms with van der Waals surface area (Å²) in [4.78, 5) is 41.9. The average molecular weight is 555 g/mol. The number of halogens is 3. The van der Waals surface area contributed by atoms with Gasteiger partial charge in [-0.2, -0.15) is 0 Å². The number of nitrogens with zero attached hydrogens (tertiary/aromatic N) is 2. The summed E-state index contributed by atoms with van der Waals surface area (Å²) in [6.45, 7) is 3.03. The maximum atomic E-state index is 14.1. The van der Waals surface area contributed by atoms with Crippen molar-refractivity contribution in [2.45, 2.75) is 45.5 Å². The van der Waals surface area contributed by atoms with Gasteiger partial charge >= 0.3 is 0 Å². The highest BCUT2D eigenvalue weighted by Crippen LogP contribution is 2.22. The Morgan fingerprint density at radius 3 is 2.40 bits per heavy atom. The summed E-state index contributed by atoms with van der Waals surface area (Å²) in [5.74, 6) is -5.31. The van der Waals surface area contributed by atoms with Crippen LogP contribution in [0, 0.1) is 17.5 Å². The first-order valence-electron chi connectivity index (χ1n) is 12.7. The normalized spacial score (nSPS) is 17.6. The molecule has 1 aliphatic heterocycles. The van der Waals surface area contributed by atoms with Crippen LogP contribution in [0.5, 0.6) is 5.75 Å². The number of carbonyl (C=O) groups is 2. The predicted molar refractivity (Wildman–Crippen MR) is 143 cm³/mol. The average Bonchev–Trinajstić information content (AvgIpc) is 2.97. The second kappa shape index (κ2) is 12.1. The first kappa shape index (κ1) is 28.5. The number of rotatable bonds is 7. The third-order valence-electron chi connectivity index (χ3n) is 6.67. The van der Waals surface area contributed by atoms with Crippen LogP contribution >= 0.6 is 0 Å². The van der Waals surface area contributed by atoms with Crippen molar-refractivity contribution in [1.82, 2.24) is 14.9 Å². The lowest BCUT2D eigenvalue weighted by atomic mass is 10.1. The molecule has 2 heterocycles. The van der Waals surface area contributed by atoms with Crippen LogP contribution in [0.25, 0.3) is 0 Å². The largest absolute Gasteiger partial charge is 0.482 e. The standard InChI is InChI=1S/C29H29F3N4O4/c1-4-20-11-10-17(2)35(3)29(39)25-27(40-16-18-8-6-5-7-9-18)26(37)22(15-36(25)34-20)28(38)33-14-21-23(31)12-19(30)13-24(21)32/h5-13,15,17,20,34H,4,14,16H2,1-3H3,(H,33,38)/b11-10-. The molecule has 1 aliphatic rings. The third kappa shape index (κ3) is 6.03. The molecule has 2 aromatic carbocycles. The Morgan fingerprint density at radius 2 is 1.75 bits per heavy atom. The lowest BCUT2D eigenvalue weighted by molar-refractivity contribution is 0.0752. The zero-order chi connectivity index (χ0) is 29.0. The molecular formula is C29H29F3N4O4. The van der Waals surface area contributed by atoms with Crippen molar-refractivity contribution in [3.8, 4) is 5.75 Å². The summed E-state index contributed by atoms with van der Waals surface area (Å²) in [5.41, 5.74) is 1.88. The van der Waals surface area contributed by atoms with Gasteiger partial charge in [0.25, 0.3) is 11.8 Å². The van der Waals surface area contributed by atoms with Gasteiger partial charge in [0, 0.05) is 43.5 Å². The number of pyridine rings is 1. The molecule has 2 N–H and O–H groups in total. The topological polar surface area (TPSA) is 92.7 Å². The molecule has 0 radical (unpaired) electrons. The maximum Gasteiger partial charge on any atom is 0.276 e. The first-order valence-corrected chi connectivity index (χ1v) is 12.7. The monoisotopic (exact) mass is 554 g/mol. The van der Waals surface area contributed by atoms with Crippen LogP contribution in [0.1, 0.15) is 52.2 Å². The Balaban J connectivity index is 1.79. The molecule has 0 saturated heterocycles. The van der Waals surface area contributed by atoms with E-state index >= 15 is 0 Å². The highest BCUT2D eigenvalue weighted by molar-refractivity contribution is 5.99. The van der Waals surface area contributed by atoms with E-state index in [0.717, 1.165) is 11.8 Å². The molecule has 40 heavy (non-hydrogen) atoms. The summed E-state index contributed by atoms with van der Waals surface area (Å²) in [7, 11) is 1.59. The van der Waals surface area contributed by atoms with E-state index in [1.807, 2.05) is 32.1 Å². The minimum Gasteiger partial charge on any atom is -0.482 e. The van der Waals surface area contributed by atoms with Crippen molar-refractivity contribution in [2.24, 2.45) is 0 Å². The summed E-state index contributed by atoms with van der Waals surface area (Å²) in [6, 6.07) is 9.36. The van der Waals surface area contributed by atoms with E-state index in [1.54, 1.807) is 31.3 Å². The summed E-state index contributed by atoms with van der Waals surface area (Å²) < 4.78 is 48.7. The molecule has 2 unspecified atom stereocenters. The van der Waals surface area contributed by atoms with E-state index in [-0.39, 0.29) is 30.1 Å². The van der Waals surface area contributed by atoms with Crippen LogP contribution in [0.15, 0.2) is 65.6 Å². The fourth-order valence-corrected chi connectivity index (χ4v) is 4.15. The van der Waals surface area contributed by atoms with Gasteiger partial charge in [0.15, 0.2) is 11.4 Å². The van der Waals surface area contributed by atoms with Crippen LogP contribution in [-0.2, 0) is 13.2 Å². The molecule has 8 nitrogen and oxygen atoms in total. The number of likely N-dealkylation sites (N-methyl/N-ethyl adjacent to an activating group) is 1. The molecule has 0 fully saturated rings. The molecular weight excluding hydrogens is 525 g/mol. The number of hydrogen-bond donors (Lipinski definition) is 2. The Kier molecular flexibility index (Phi) is 8.61. The van der Waals surface area contributed by atoms with E-state index in [0.29, 0.717) is 18.6 Å². The van der Waals surface area contributed by atoms with Gasteiger partial charge in [-0.15, -0.1) is 0 Å². The lowest BCUT2D eigenvalue weighted by Gasteiger charge is -2.25. The summed E-state index contributed by atoms with van der Waals surface area (Å²) >= 11 is 0. The number of benzene rings is 2. The van der Waals surface area contributed by atoms with Crippen molar-refractivity contribution in [1.29, 1.82) is 0 Å². The zero-order valence-corrected chi connectivity index (χ0v) is 22.2. The van der Waals surface area contributed by atoms with Gasteiger partial charge in [-0.3, -0.25) is 19.1 Å². The van der Waals surface area contributed by atoms with Gasteiger partial charge in [0.05, 0.1) is 6.04 Å². The molecule has 0 spiro atoms. The van der Waals surface area contributed by atoms with E-state index in [2.05, 4.69) is 10.7 Å². The molecule has 0 aliphatic carbocycles. The number of aromatic nitrogens is 1. The number of hydrogen-bond acceptors (Lipinski definition) is 5. The SMILES string of the molecule is CCC1/C=C\C(C)N(C)C(=O)c2c(OCc3ccccc3)c(=O)c(C(=O)NCc3c(F)cc(F)cc3F)cn2N1. The Labute approximate surface area is 229 Å². The zero-order valence-electron chi connectivity index (χ0n) is 22.2. The highest BCUT2D eigenvalue weighted by Gasteiger charge is 2.30. The van der Waals surface area contributed by atoms with Gasteiger partial charge in [-0.05, 0) is 18.9 Å². The van der Waals surface area contributed by atoms with Crippen molar-refractivity contribution in [3.05, 3.63) is 111 Å². The molecule has 3 aromatic rings. The third-order valence-corrected chi connectivity index (χ3v) is 6.67. The molecule has 210 valence electrons. The first-order chi connectivity index (χ1) is 19.1. The predicted octanol–water partition coefficient (Wildman–Crippen LogP) is 4.13. The van der Waals surface area contributed by atoms with Gasteiger partial charge in [-0.1, -0.05) is 49.4 Å². The molecule has 0 saturated carbocycles. The smallest absolute Gasteiger partial charge is 0.276 e. The Morgan fingerprint density at radius 1 is 1.07 bits per heavy atom. The summed E-state index contributed by atoms with van der Waals surface area (Å²) in [5, 5.41) is 2.31. The minimum absolute atomic E-state index is 0.0673. The van der Waals surface area contributed by atoms with Crippen molar-refractivity contribution in [2.75, 3.05) is 12.5 Å². The molecule has 0 bridgehead atoms. The molecule has 2 amide bonds. The van der Waals surface area contributed by atoms with Crippen molar-refractivity contribution in [3.63, 3.8) is 0 Å². The van der Waals surface area contributed by atoms with Crippen LogP contribution in [-0.4, -0.2) is 40.5 Å². The number of nitrogens with one attached hydrogen (secondary N) is 2. The lowest BCUT2D eigenvalue weighted by Crippen LogP contribution is -2.40. The minimum atomic E-state index is -1.18. The van der Waals surface area contributed by atoms with E-state index in [1.165, 1.54) is 9.58 Å². The van der Waals surface area contributed by atoms with Crippen LogP contribution in [0.3, 0.4) is 0 Å². The molecule has 11 heteroatoms. The van der Waals surface area contributed by atoms with E-state index in [4.69, 9.17) is 4.74 Å². The fourth-order valence-electron chi connectivity index (χ4n) is 4.15. The Hall–Kier alpha value is -4.54. The van der Waals surface area contributed by atoms with Crippen molar-refractivity contribution >= 4 is 11.8 Å². The van der Waals surface area contributed by atoms with Crippen LogP contribution in [0.2, 0.25) is 0 Å². The van der Waals surface area contributed by atoms with E-state index in [9.17, 15) is 27.6 Å². The second-order valence-corrected chi connectivity index (χ2v) is 9.41. The van der Waals surface area contributed by atoms with Crippen LogP contribution in [0.4, 0.5) is 13.2 Å². The van der Waals surface area contributed by atoms with Gasteiger partial charge in [0.2, 0.25) is 5.43 Å². The Bertz CT molecular complexity index is 1480. The van der Waals surface area contributed by atoms with Gasteiger partial charge < -0.3 is 20.4 Å². The van der Waals surface area contributed by atoms with E-state index < -0.39 is 52.4 Å². The van der Waals surface area contributed by atoms with Gasteiger partial charge in [0.1, 0.15) is 29.6 Å². The molecule has 1 aromatic heterocycles. The number of fused-ring (bicyclic) bond motifs is 1. The van der Waals surface area contributed by atoms with Crippen LogP contribution < -0.4 is 20.9 Å². The quantitative estimate of drug-likeness (QED) is 0.429. The highest BCUT2D eigenvalue weighted by atomic mass is 19.1. The molecule has 2 atom stereocenters. The van der Waals surface area contributed by atoms with Crippen molar-refractivity contribution < 1.29 is 27.5 Å². The second-order valence-electron chi connectivity index (χ2n) is 9.41. The number of amides is 2. The maximum absolute atomic E-state index is 14.1. The molecule has 4 rings (SSSR count). The summed E-state index contributed by atoms with van der Waals surface area (Å²) in [6.07, 6.45) is 5.51. The fraction of sp³-hybridized carbons (Fsp3) is 0.276.